The standard InChI is InChI=1S/C12H26N2O/c1-9-5-10(2)11(3)14(6-9)7-12(13)8-15-4/h9-12H,5-8,13H2,1-4H3. The number of ether oxygens (including phenoxy) is 1. The molecule has 1 heterocycles. The highest BCUT2D eigenvalue weighted by atomic mass is 16.5. The highest BCUT2D eigenvalue weighted by Gasteiger charge is 2.29. The molecule has 0 aliphatic carbocycles. The van der Waals surface area contributed by atoms with Crippen molar-refractivity contribution >= 4 is 0 Å². The Bertz CT molecular complexity index is 186. The van der Waals surface area contributed by atoms with Crippen molar-refractivity contribution in [2.45, 2.75) is 39.3 Å². The van der Waals surface area contributed by atoms with Gasteiger partial charge >= 0.3 is 0 Å². The van der Waals surface area contributed by atoms with Crippen LogP contribution in [0.2, 0.25) is 0 Å². The van der Waals surface area contributed by atoms with Crippen molar-refractivity contribution in [3.05, 3.63) is 0 Å². The summed E-state index contributed by atoms with van der Waals surface area (Å²) in [5, 5.41) is 0. The van der Waals surface area contributed by atoms with Gasteiger partial charge < -0.3 is 10.5 Å². The molecule has 0 aromatic carbocycles. The molecule has 0 radical (unpaired) electrons. The van der Waals surface area contributed by atoms with E-state index >= 15 is 0 Å². The Labute approximate surface area is 94.0 Å². The molecule has 0 aromatic rings. The molecular weight excluding hydrogens is 188 g/mol. The second-order valence-electron chi connectivity index (χ2n) is 5.23. The van der Waals surface area contributed by atoms with E-state index in [4.69, 9.17) is 10.5 Å². The lowest BCUT2D eigenvalue weighted by Gasteiger charge is -2.42. The largest absolute Gasteiger partial charge is 0.383 e. The molecule has 1 fully saturated rings. The summed E-state index contributed by atoms with van der Waals surface area (Å²) >= 11 is 0. The van der Waals surface area contributed by atoms with Crippen LogP contribution < -0.4 is 5.73 Å². The molecule has 1 rings (SSSR count). The van der Waals surface area contributed by atoms with Crippen molar-refractivity contribution in [3.8, 4) is 0 Å². The fourth-order valence-corrected chi connectivity index (χ4v) is 2.64. The van der Waals surface area contributed by atoms with Gasteiger partial charge in [0.1, 0.15) is 0 Å². The SMILES string of the molecule is COCC(N)CN1CC(C)CC(C)C1C. The molecule has 0 spiro atoms. The van der Waals surface area contributed by atoms with Gasteiger partial charge in [0.2, 0.25) is 0 Å². The second-order valence-corrected chi connectivity index (χ2v) is 5.23. The van der Waals surface area contributed by atoms with E-state index < -0.39 is 0 Å². The van der Waals surface area contributed by atoms with Gasteiger partial charge in [0.15, 0.2) is 0 Å². The Balaban J connectivity index is 2.44. The van der Waals surface area contributed by atoms with E-state index in [-0.39, 0.29) is 6.04 Å². The van der Waals surface area contributed by atoms with Gasteiger partial charge in [0, 0.05) is 32.3 Å². The van der Waals surface area contributed by atoms with E-state index in [0.717, 1.165) is 18.4 Å². The number of hydrogen-bond acceptors (Lipinski definition) is 3. The van der Waals surface area contributed by atoms with Crippen LogP contribution in [0.1, 0.15) is 27.2 Å². The van der Waals surface area contributed by atoms with Gasteiger partial charge in [-0.05, 0) is 25.2 Å². The lowest BCUT2D eigenvalue weighted by Crippen LogP contribution is -2.51. The van der Waals surface area contributed by atoms with Crippen LogP contribution in [0.4, 0.5) is 0 Å². The van der Waals surface area contributed by atoms with E-state index in [1.54, 1.807) is 7.11 Å². The predicted molar refractivity (Wildman–Crippen MR) is 63.8 cm³/mol. The van der Waals surface area contributed by atoms with Crippen molar-refractivity contribution in [3.63, 3.8) is 0 Å². The molecule has 0 saturated carbocycles. The fourth-order valence-electron chi connectivity index (χ4n) is 2.64. The molecule has 3 nitrogen and oxygen atoms in total. The van der Waals surface area contributed by atoms with Gasteiger partial charge in [-0.1, -0.05) is 13.8 Å². The van der Waals surface area contributed by atoms with Crippen LogP contribution in [-0.4, -0.2) is 43.8 Å². The molecule has 0 amide bonds. The number of methoxy groups -OCH3 is 1. The van der Waals surface area contributed by atoms with Gasteiger partial charge in [-0.2, -0.15) is 0 Å². The van der Waals surface area contributed by atoms with Crippen LogP contribution in [0.15, 0.2) is 0 Å². The third-order valence-corrected chi connectivity index (χ3v) is 3.57. The zero-order valence-corrected chi connectivity index (χ0v) is 10.6. The van der Waals surface area contributed by atoms with E-state index in [1.165, 1.54) is 13.0 Å². The maximum absolute atomic E-state index is 6.00. The lowest BCUT2D eigenvalue weighted by atomic mass is 9.86. The Morgan fingerprint density at radius 1 is 1.40 bits per heavy atom. The molecule has 4 atom stereocenters. The van der Waals surface area contributed by atoms with Crippen molar-refractivity contribution in [2.24, 2.45) is 17.6 Å². The highest BCUT2D eigenvalue weighted by molar-refractivity contribution is 4.83. The Morgan fingerprint density at radius 3 is 2.67 bits per heavy atom. The number of hydrogen-bond donors (Lipinski definition) is 1. The molecule has 0 bridgehead atoms. The number of likely N-dealkylation sites (tertiary alicyclic amines) is 1. The fraction of sp³-hybridized carbons (Fsp3) is 1.00. The summed E-state index contributed by atoms with van der Waals surface area (Å²) in [5.74, 6) is 1.58. The molecule has 4 unspecified atom stereocenters. The summed E-state index contributed by atoms with van der Waals surface area (Å²) in [5.41, 5.74) is 6.00. The number of rotatable bonds is 4. The number of nitrogens with zero attached hydrogens (tertiary/aromatic N) is 1. The summed E-state index contributed by atoms with van der Waals surface area (Å²) < 4.78 is 5.08. The first-order chi connectivity index (χ1) is 7.04. The van der Waals surface area contributed by atoms with Crippen LogP contribution in [0, 0.1) is 11.8 Å². The second kappa shape index (κ2) is 5.83. The average Bonchev–Trinajstić information content (AvgIpc) is 2.13. The topological polar surface area (TPSA) is 38.5 Å². The molecule has 0 aromatic heterocycles. The third kappa shape index (κ3) is 3.74. The average molecular weight is 214 g/mol. The molecule has 1 aliphatic rings. The van der Waals surface area contributed by atoms with Crippen molar-refractivity contribution in [1.29, 1.82) is 0 Å². The van der Waals surface area contributed by atoms with Crippen molar-refractivity contribution in [2.75, 3.05) is 26.8 Å². The number of nitrogens with two attached hydrogens (primary N) is 1. The Morgan fingerprint density at radius 2 is 2.07 bits per heavy atom. The maximum Gasteiger partial charge on any atom is 0.0626 e. The highest BCUT2D eigenvalue weighted by Crippen LogP contribution is 2.26. The third-order valence-electron chi connectivity index (χ3n) is 3.57. The minimum Gasteiger partial charge on any atom is -0.383 e. The predicted octanol–water partition coefficient (Wildman–Crippen LogP) is 1.33. The van der Waals surface area contributed by atoms with Crippen LogP contribution in [0.3, 0.4) is 0 Å². The molecule has 15 heavy (non-hydrogen) atoms. The van der Waals surface area contributed by atoms with Gasteiger partial charge in [-0.25, -0.2) is 0 Å². The first-order valence-electron chi connectivity index (χ1n) is 6.03. The van der Waals surface area contributed by atoms with E-state index in [1.807, 2.05) is 0 Å². The molecule has 1 aliphatic heterocycles. The summed E-state index contributed by atoms with van der Waals surface area (Å²) in [6, 6.07) is 0.805. The van der Waals surface area contributed by atoms with E-state index in [0.29, 0.717) is 12.6 Å². The minimum absolute atomic E-state index is 0.148. The van der Waals surface area contributed by atoms with Crippen LogP contribution in [-0.2, 0) is 4.74 Å². The zero-order chi connectivity index (χ0) is 11.4. The Kier molecular flexibility index (Phi) is 5.03. The van der Waals surface area contributed by atoms with Gasteiger partial charge in [0.25, 0.3) is 0 Å². The molecule has 3 heteroatoms. The zero-order valence-electron chi connectivity index (χ0n) is 10.6. The van der Waals surface area contributed by atoms with Crippen molar-refractivity contribution in [1.82, 2.24) is 4.90 Å². The summed E-state index contributed by atoms with van der Waals surface area (Å²) in [6.07, 6.45) is 1.34. The van der Waals surface area contributed by atoms with Gasteiger partial charge in [-0.3, -0.25) is 4.90 Å². The normalized spacial score (nSPS) is 35.4. The van der Waals surface area contributed by atoms with E-state index in [9.17, 15) is 0 Å². The first kappa shape index (κ1) is 12.9. The van der Waals surface area contributed by atoms with E-state index in [2.05, 4.69) is 25.7 Å². The quantitative estimate of drug-likeness (QED) is 0.767. The smallest absolute Gasteiger partial charge is 0.0626 e. The molecule has 1 saturated heterocycles. The Hall–Kier alpha value is -0.120. The summed E-state index contributed by atoms with van der Waals surface area (Å²) in [4.78, 5) is 2.52. The monoisotopic (exact) mass is 214 g/mol. The number of piperidine rings is 1. The van der Waals surface area contributed by atoms with Crippen molar-refractivity contribution < 1.29 is 4.74 Å². The summed E-state index contributed by atoms with van der Waals surface area (Å²) in [6.45, 7) is 9.79. The molecular formula is C12H26N2O. The molecule has 90 valence electrons. The summed E-state index contributed by atoms with van der Waals surface area (Å²) in [7, 11) is 1.71. The van der Waals surface area contributed by atoms with Gasteiger partial charge in [0.05, 0.1) is 6.61 Å². The lowest BCUT2D eigenvalue weighted by molar-refractivity contribution is 0.0619. The minimum atomic E-state index is 0.148. The van der Waals surface area contributed by atoms with Crippen LogP contribution in [0.5, 0.6) is 0 Å². The molecule has 2 N–H and O–H groups in total. The van der Waals surface area contributed by atoms with Crippen LogP contribution in [0.25, 0.3) is 0 Å². The van der Waals surface area contributed by atoms with Gasteiger partial charge in [-0.15, -0.1) is 0 Å². The van der Waals surface area contributed by atoms with Crippen LogP contribution >= 0.6 is 0 Å². The first-order valence-corrected chi connectivity index (χ1v) is 6.03. The maximum atomic E-state index is 6.00.